The van der Waals surface area contributed by atoms with Crippen LogP contribution < -0.4 is 15.5 Å². The standard InChI is InChI=1S/C26H22ClN3O3/c1-17-7-13-21(14-8-17)30-25(32)22(27)23(26(30)33)29-20-11-9-19(10-12-20)24(31)28-16-15-18-5-3-2-4-6-18/h2-14,29H,15-16H2,1H3,(H,28,31). The van der Waals surface area contributed by atoms with E-state index in [4.69, 9.17) is 11.6 Å². The molecule has 3 amide bonds. The number of nitrogens with one attached hydrogen (secondary N) is 2. The van der Waals surface area contributed by atoms with E-state index in [1.54, 1.807) is 36.4 Å². The first-order valence-corrected chi connectivity index (χ1v) is 10.9. The molecule has 0 saturated heterocycles. The number of aryl methyl sites for hydroxylation is 1. The third-order valence-electron chi connectivity index (χ3n) is 5.28. The van der Waals surface area contributed by atoms with E-state index in [0.29, 0.717) is 23.5 Å². The molecular formula is C26H22ClN3O3. The van der Waals surface area contributed by atoms with Gasteiger partial charge in [-0.1, -0.05) is 59.6 Å². The Balaban J connectivity index is 1.39. The van der Waals surface area contributed by atoms with E-state index in [1.807, 2.05) is 49.4 Å². The van der Waals surface area contributed by atoms with Crippen LogP contribution in [0, 0.1) is 6.92 Å². The van der Waals surface area contributed by atoms with Crippen molar-refractivity contribution in [2.24, 2.45) is 0 Å². The minimum atomic E-state index is -0.581. The second-order valence-corrected chi connectivity index (χ2v) is 8.04. The second kappa shape index (κ2) is 9.71. The van der Waals surface area contributed by atoms with Gasteiger partial charge in [0.2, 0.25) is 0 Å². The first kappa shape index (κ1) is 22.3. The highest BCUT2D eigenvalue weighted by Gasteiger charge is 2.38. The monoisotopic (exact) mass is 459 g/mol. The topological polar surface area (TPSA) is 78.5 Å². The van der Waals surface area contributed by atoms with E-state index in [2.05, 4.69) is 10.6 Å². The Morgan fingerprint density at radius 1 is 0.879 bits per heavy atom. The summed E-state index contributed by atoms with van der Waals surface area (Å²) >= 11 is 6.18. The van der Waals surface area contributed by atoms with Crippen molar-refractivity contribution in [3.8, 4) is 0 Å². The van der Waals surface area contributed by atoms with Crippen molar-refractivity contribution in [1.29, 1.82) is 0 Å². The number of rotatable bonds is 7. The predicted octanol–water partition coefficient (Wildman–Crippen LogP) is 4.40. The van der Waals surface area contributed by atoms with Gasteiger partial charge in [-0.2, -0.15) is 0 Å². The normalized spacial score (nSPS) is 13.5. The van der Waals surface area contributed by atoms with Gasteiger partial charge in [0.15, 0.2) is 0 Å². The summed E-state index contributed by atoms with van der Waals surface area (Å²) in [4.78, 5) is 38.9. The maximum atomic E-state index is 12.9. The summed E-state index contributed by atoms with van der Waals surface area (Å²) < 4.78 is 0. The van der Waals surface area contributed by atoms with E-state index < -0.39 is 11.8 Å². The highest BCUT2D eigenvalue weighted by molar-refractivity contribution is 6.53. The molecule has 4 rings (SSSR count). The number of amides is 3. The lowest BCUT2D eigenvalue weighted by molar-refractivity contribution is -0.120. The van der Waals surface area contributed by atoms with Gasteiger partial charge in [-0.3, -0.25) is 14.4 Å². The largest absolute Gasteiger partial charge is 0.352 e. The third-order valence-corrected chi connectivity index (χ3v) is 5.63. The first-order chi connectivity index (χ1) is 15.9. The lowest BCUT2D eigenvalue weighted by atomic mass is 10.1. The van der Waals surface area contributed by atoms with Crippen molar-refractivity contribution < 1.29 is 14.4 Å². The number of halogens is 1. The van der Waals surface area contributed by atoms with Gasteiger partial charge in [0.25, 0.3) is 17.7 Å². The molecule has 0 spiro atoms. The molecule has 1 aliphatic heterocycles. The number of anilines is 2. The molecule has 3 aromatic carbocycles. The maximum absolute atomic E-state index is 12.9. The Morgan fingerprint density at radius 3 is 2.21 bits per heavy atom. The average molecular weight is 460 g/mol. The molecule has 6 nitrogen and oxygen atoms in total. The lowest BCUT2D eigenvalue weighted by Crippen LogP contribution is -2.32. The van der Waals surface area contributed by atoms with E-state index in [1.165, 1.54) is 0 Å². The molecule has 1 heterocycles. The Hall–Kier alpha value is -3.90. The van der Waals surface area contributed by atoms with Gasteiger partial charge in [0.05, 0.1) is 5.69 Å². The van der Waals surface area contributed by atoms with Crippen molar-refractivity contribution in [3.63, 3.8) is 0 Å². The van der Waals surface area contributed by atoms with Crippen LogP contribution in [0.25, 0.3) is 0 Å². The van der Waals surface area contributed by atoms with Gasteiger partial charge in [-0.15, -0.1) is 0 Å². The number of carbonyl (C=O) groups is 3. The molecule has 0 aliphatic carbocycles. The van der Waals surface area contributed by atoms with Gasteiger partial charge in [0, 0.05) is 17.8 Å². The molecule has 2 N–H and O–H groups in total. The molecule has 33 heavy (non-hydrogen) atoms. The van der Waals surface area contributed by atoms with Crippen LogP contribution >= 0.6 is 11.6 Å². The Kier molecular flexibility index (Phi) is 6.56. The van der Waals surface area contributed by atoms with Crippen LogP contribution in [0.4, 0.5) is 11.4 Å². The number of hydrogen-bond donors (Lipinski definition) is 2. The highest BCUT2D eigenvalue weighted by atomic mass is 35.5. The zero-order chi connectivity index (χ0) is 23.4. The fourth-order valence-corrected chi connectivity index (χ4v) is 3.67. The number of imide groups is 1. The predicted molar refractivity (Wildman–Crippen MR) is 129 cm³/mol. The van der Waals surface area contributed by atoms with Crippen LogP contribution in [0.1, 0.15) is 21.5 Å². The number of carbonyl (C=O) groups excluding carboxylic acids is 3. The molecule has 0 atom stereocenters. The van der Waals surface area contributed by atoms with Crippen LogP contribution in [0.3, 0.4) is 0 Å². The third kappa shape index (κ3) is 4.96. The minimum absolute atomic E-state index is 0.00213. The summed E-state index contributed by atoms with van der Waals surface area (Å²) in [6.07, 6.45) is 0.743. The van der Waals surface area contributed by atoms with E-state index in [0.717, 1.165) is 22.4 Å². The van der Waals surface area contributed by atoms with Crippen LogP contribution in [-0.2, 0) is 16.0 Å². The van der Waals surface area contributed by atoms with Crippen LogP contribution in [-0.4, -0.2) is 24.3 Å². The lowest BCUT2D eigenvalue weighted by Gasteiger charge is -2.15. The zero-order valence-corrected chi connectivity index (χ0v) is 18.7. The Labute approximate surface area is 196 Å². The smallest absolute Gasteiger partial charge is 0.283 e. The highest BCUT2D eigenvalue weighted by Crippen LogP contribution is 2.30. The van der Waals surface area contributed by atoms with E-state index in [-0.39, 0.29) is 16.6 Å². The zero-order valence-electron chi connectivity index (χ0n) is 18.0. The second-order valence-electron chi connectivity index (χ2n) is 7.66. The van der Waals surface area contributed by atoms with Gasteiger partial charge >= 0.3 is 0 Å². The first-order valence-electron chi connectivity index (χ1n) is 10.5. The fourth-order valence-electron chi connectivity index (χ4n) is 3.46. The SMILES string of the molecule is Cc1ccc(N2C(=O)C(Cl)=C(Nc3ccc(C(=O)NCCc4ccccc4)cc3)C2=O)cc1. The molecule has 3 aromatic rings. The van der Waals surface area contributed by atoms with Gasteiger partial charge in [0.1, 0.15) is 10.7 Å². The van der Waals surface area contributed by atoms with Crippen LogP contribution in [0.5, 0.6) is 0 Å². The fraction of sp³-hybridized carbons (Fsp3) is 0.115. The summed E-state index contributed by atoms with van der Waals surface area (Å²) in [5.41, 5.74) is 3.65. The van der Waals surface area contributed by atoms with Crippen molar-refractivity contribution in [1.82, 2.24) is 5.32 Å². The number of nitrogens with zero attached hydrogens (tertiary/aromatic N) is 1. The molecule has 0 bridgehead atoms. The molecule has 0 unspecified atom stereocenters. The van der Waals surface area contributed by atoms with Crippen molar-refractivity contribution in [2.45, 2.75) is 13.3 Å². The molecule has 0 fully saturated rings. The summed E-state index contributed by atoms with van der Waals surface area (Å²) in [5, 5.41) is 5.63. The van der Waals surface area contributed by atoms with Crippen molar-refractivity contribution >= 4 is 40.7 Å². The molecule has 7 heteroatoms. The maximum Gasteiger partial charge on any atom is 0.283 e. The molecular weight excluding hydrogens is 438 g/mol. The molecule has 0 radical (unpaired) electrons. The van der Waals surface area contributed by atoms with E-state index in [9.17, 15) is 14.4 Å². The Bertz CT molecular complexity index is 1220. The van der Waals surface area contributed by atoms with Crippen molar-refractivity contribution in [2.75, 3.05) is 16.8 Å². The molecule has 1 aliphatic rings. The summed E-state index contributed by atoms with van der Waals surface area (Å²) in [6.45, 7) is 2.44. The van der Waals surface area contributed by atoms with Crippen LogP contribution in [0.2, 0.25) is 0 Å². The number of hydrogen-bond acceptors (Lipinski definition) is 4. The number of benzene rings is 3. The van der Waals surface area contributed by atoms with E-state index >= 15 is 0 Å². The van der Waals surface area contributed by atoms with Crippen LogP contribution in [0.15, 0.2) is 89.6 Å². The van der Waals surface area contributed by atoms with Crippen molar-refractivity contribution in [3.05, 3.63) is 106 Å². The Morgan fingerprint density at radius 2 is 1.55 bits per heavy atom. The summed E-state index contributed by atoms with van der Waals surface area (Å²) in [6, 6.07) is 23.6. The van der Waals surface area contributed by atoms with Gasteiger partial charge in [-0.05, 0) is 55.3 Å². The molecule has 0 saturated carbocycles. The summed E-state index contributed by atoms with van der Waals surface area (Å²) in [5.74, 6) is -1.30. The quantitative estimate of drug-likeness (QED) is 0.513. The van der Waals surface area contributed by atoms with Gasteiger partial charge < -0.3 is 10.6 Å². The average Bonchev–Trinajstić information content (AvgIpc) is 3.04. The minimum Gasteiger partial charge on any atom is -0.352 e. The molecule has 166 valence electrons. The summed E-state index contributed by atoms with van der Waals surface area (Å²) in [7, 11) is 0. The molecule has 0 aromatic heterocycles. The van der Waals surface area contributed by atoms with Gasteiger partial charge in [-0.25, -0.2) is 4.90 Å².